The average Bonchev–Trinajstić information content (AvgIpc) is 2.64. The van der Waals surface area contributed by atoms with Crippen LogP contribution in [-0.4, -0.2) is 27.5 Å². The molecule has 1 N–H and O–H groups in total. The van der Waals surface area contributed by atoms with Gasteiger partial charge in [0, 0.05) is 0 Å². The third-order valence-electron chi connectivity index (χ3n) is 4.04. The van der Waals surface area contributed by atoms with Crippen LogP contribution < -0.4 is 15.6 Å². The molecule has 2 aromatic carbocycles. The molecule has 0 aliphatic carbocycles. The Kier molecular flexibility index (Phi) is 4.84. The highest BCUT2D eigenvalue weighted by Gasteiger charge is 2.18. The molecule has 1 heterocycles. The summed E-state index contributed by atoms with van der Waals surface area (Å²) >= 11 is 0. The summed E-state index contributed by atoms with van der Waals surface area (Å²) in [5, 5.41) is 14.1. The number of para-hydroxylation sites is 1. The van der Waals surface area contributed by atoms with Gasteiger partial charge >= 0.3 is 0 Å². The predicted octanol–water partition coefficient (Wildman–Crippen LogP) is 2.26. The summed E-state index contributed by atoms with van der Waals surface area (Å²) in [7, 11) is 1.39. The lowest BCUT2D eigenvalue weighted by Gasteiger charge is -2.10. The highest BCUT2D eigenvalue weighted by Crippen LogP contribution is 2.28. The predicted molar refractivity (Wildman–Crippen MR) is 99.0 cm³/mol. The van der Waals surface area contributed by atoms with Crippen molar-refractivity contribution in [2.45, 2.75) is 13.5 Å². The highest BCUT2D eigenvalue weighted by atomic mass is 16.6. The van der Waals surface area contributed by atoms with Crippen LogP contribution in [-0.2, 0) is 11.3 Å². The van der Waals surface area contributed by atoms with E-state index in [0.717, 1.165) is 10.1 Å². The van der Waals surface area contributed by atoms with Crippen molar-refractivity contribution >= 4 is 28.2 Å². The van der Waals surface area contributed by atoms with E-state index in [1.807, 2.05) is 13.0 Å². The third-order valence-corrected chi connectivity index (χ3v) is 4.04. The SMILES string of the molecule is COc1ccc(NC(=O)Cn2cnc3c(C)cccc3c2=O)c([N+](=O)[O-])c1. The molecule has 3 aromatic rings. The molecule has 138 valence electrons. The van der Waals surface area contributed by atoms with Gasteiger partial charge in [0.1, 0.15) is 18.0 Å². The molecule has 9 heteroatoms. The summed E-state index contributed by atoms with van der Waals surface area (Å²) < 4.78 is 6.12. The molecule has 1 amide bonds. The smallest absolute Gasteiger partial charge is 0.296 e. The number of carbonyl (C=O) groups is 1. The molecule has 1 aromatic heterocycles. The van der Waals surface area contributed by atoms with Crippen LogP contribution in [0.15, 0.2) is 47.5 Å². The Labute approximate surface area is 153 Å². The number of carbonyl (C=O) groups excluding carboxylic acids is 1. The number of nitro groups is 1. The minimum Gasteiger partial charge on any atom is -0.496 e. The molecule has 0 atom stereocenters. The van der Waals surface area contributed by atoms with Crippen molar-refractivity contribution in [3.8, 4) is 5.75 Å². The van der Waals surface area contributed by atoms with Crippen LogP contribution >= 0.6 is 0 Å². The van der Waals surface area contributed by atoms with Crippen LogP contribution in [0.1, 0.15) is 5.56 Å². The zero-order valence-corrected chi connectivity index (χ0v) is 14.6. The Bertz CT molecular complexity index is 1110. The Balaban J connectivity index is 1.87. The largest absolute Gasteiger partial charge is 0.496 e. The molecule has 0 bridgehead atoms. The second kappa shape index (κ2) is 7.24. The molecule has 9 nitrogen and oxygen atoms in total. The van der Waals surface area contributed by atoms with Crippen LogP contribution in [0.5, 0.6) is 5.75 Å². The quantitative estimate of drug-likeness (QED) is 0.545. The van der Waals surface area contributed by atoms with Gasteiger partial charge in [-0.25, -0.2) is 4.98 Å². The number of ether oxygens (including phenoxy) is 1. The van der Waals surface area contributed by atoms with Gasteiger partial charge in [0.05, 0.1) is 35.3 Å². The number of fused-ring (bicyclic) bond motifs is 1. The van der Waals surface area contributed by atoms with Gasteiger partial charge < -0.3 is 10.1 Å². The molecule has 0 aliphatic heterocycles. The standard InChI is InChI=1S/C18H16N4O5/c1-11-4-3-5-13-17(11)19-10-21(18(13)24)9-16(23)20-14-7-6-12(27-2)8-15(14)22(25)26/h3-8,10H,9H2,1-2H3,(H,20,23). The first kappa shape index (κ1) is 18.1. The summed E-state index contributed by atoms with van der Waals surface area (Å²) in [5.74, 6) is -0.288. The summed E-state index contributed by atoms with van der Waals surface area (Å²) in [6.07, 6.45) is 1.29. The van der Waals surface area contributed by atoms with Crippen molar-refractivity contribution < 1.29 is 14.5 Å². The topological polar surface area (TPSA) is 116 Å². The molecular weight excluding hydrogens is 352 g/mol. The van der Waals surface area contributed by atoms with Gasteiger partial charge in [0.2, 0.25) is 5.91 Å². The Morgan fingerprint density at radius 1 is 1.33 bits per heavy atom. The average molecular weight is 368 g/mol. The van der Waals surface area contributed by atoms with Gasteiger partial charge in [0.25, 0.3) is 11.2 Å². The van der Waals surface area contributed by atoms with E-state index >= 15 is 0 Å². The first-order valence-corrected chi connectivity index (χ1v) is 7.97. The maximum atomic E-state index is 12.5. The fraction of sp³-hybridized carbons (Fsp3) is 0.167. The van der Waals surface area contributed by atoms with Crippen LogP contribution in [0.2, 0.25) is 0 Å². The minimum absolute atomic E-state index is 0.0171. The number of benzene rings is 2. The third kappa shape index (κ3) is 3.61. The maximum absolute atomic E-state index is 12.5. The van der Waals surface area contributed by atoms with Crippen LogP contribution in [0.25, 0.3) is 10.9 Å². The van der Waals surface area contributed by atoms with Gasteiger partial charge in [0.15, 0.2) is 0 Å². The molecule has 0 fully saturated rings. The van der Waals surface area contributed by atoms with Gasteiger partial charge in [-0.2, -0.15) is 0 Å². The summed E-state index contributed by atoms with van der Waals surface area (Å²) in [4.78, 5) is 39.7. The Morgan fingerprint density at radius 3 is 2.81 bits per heavy atom. The van der Waals surface area contributed by atoms with E-state index in [2.05, 4.69) is 10.3 Å². The molecule has 0 unspecified atom stereocenters. The van der Waals surface area contributed by atoms with E-state index in [1.54, 1.807) is 12.1 Å². The van der Waals surface area contributed by atoms with Crippen LogP contribution in [0, 0.1) is 17.0 Å². The number of nitrogens with zero attached hydrogens (tertiary/aromatic N) is 3. The number of aryl methyl sites for hydroxylation is 1. The lowest BCUT2D eigenvalue weighted by molar-refractivity contribution is -0.384. The molecule has 0 radical (unpaired) electrons. The molecular formula is C18H16N4O5. The van der Waals surface area contributed by atoms with Gasteiger partial charge in [-0.3, -0.25) is 24.3 Å². The van der Waals surface area contributed by atoms with E-state index in [9.17, 15) is 19.7 Å². The van der Waals surface area contributed by atoms with E-state index in [4.69, 9.17) is 4.74 Å². The first-order chi connectivity index (χ1) is 12.9. The van der Waals surface area contributed by atoms with E-state index in [1.165, 1.54) is 31.6 Å². The fourth-order valence-corrected chi connectivity index (χ4v) is 2.69. The molecule has 0 spiro atoms. The lowest BCUT2D eigenvalue weighted by atomic mass is 10.1. The van der Waals surface area contributed by atoms with Gasteiger partial charge in [-0.15, -0.1) is 0 Å². The second-order valence-electron chi connectivity index (χ2n) is 5.84. The maximum Gasteiger partial charge on any atom is 0.296 e. The number of hydrogen-bond donors (Lipinski definition) is 1. The molecule has 0 aliphatic rings. The van der Waals surface area contributed by atoms with Crippen molar-refractivity contribution in [1.82, 2.24) is 9.55 Å². The van der Waals surface area contributed by atoms with Crippen LogP contribution in [0.3, 0.4) is 0 Å². The molecule has 0 saturated carbocycles. The number of nitrogens with one attached hydrogen (secondary N) is 1. The zero-order chi connectivity index (χ0) is 19.6. The zero-order valence-electron chi connectivity index (χ0n) is 14.6. The normalized spacial score (nSPS) is 10.6. The number of nitro benzene ring substituents is 1. The van der Waals surface area contributed by atoms with Gasteiger partial charge in [-0.1, -0.05) is 12.1 Å². The number of aromatic nitrogens is 2. The Hall–Kier alpha value is -3.75. The summed E-state index contributed by atoms with van der Waals surface area (Å²) in [5.41, 5.74) is 0.786. The van der Waals surface area contributed by atoms with Crippen molar-refractivity contribution in [1.29, 1.82) is 0 Å². The van der Waals surface area contributed by atoms with Gasteiger partial charge in [-0.05, 0) is 30.7 Å². The number of anilines is 1. The molecule has 3 rings (SSSR count). The number of amides is 1. The minimum atomic E-state index is -0.620. The van der Waals surface area contributed by atoms with E-state index < -0.39 is 10.8 Å². The summed E-state index contributed by atoms with van der Waals surface area (Å²) in [6.45, 7) is 1.52. The summed E-state index contributed by atoms with van der Waals surface area (Å²) in [6, 6.07) is 9.30. The lowest BCUT2D eigenvalue weighted by Crippen LogP contribution is -2.28. The van der Waals surface area contributed by atoms with Crippen molar-refractivity contribution in [2.75, 3.05) is 12.4 Å². The molecule has 27 heavy (non-hydrogen) atoms. The second-order valence-corrected chi connectivity index (χ2v) is 5.84. The first-order valence-electron chi connectivity index (χ1n) is 7.97. The fourth-order valence-electron chi connectivity index (χ4n) is 2.69. The molecule has 0 saturated heterocycles. The van der Waals surface area contributed by atoms with E-state index in [-0.39, 0.29) is 23.5 Å². The monoisotopic (exact) mass is 368 g/mol. The van der Waals surface area contributed by atoms with Crippen molar-refractivity contribution in [3.05, 3.63) is 68.8 Å². The number of hydrogen-bond acceptors (Lipinski definition) is 6. The van der Waals surface area contributed by atoms with Crippen molar-refractivity contribution in [3.63, 3.8) is 0 Å². The highest BCUT2D eigenvalue weighted by molar-refractivity contribution is 5.93. The van der Waals surface area contributed by atoms with Crippen LogP contribution in [0.4, 0.5) is 11.4 Å². The Morgan fingerprint density at radius 2 is 2.11 bits per heavy atom. The van der Waals surface area contributed by atoms with Crippen molar-refractivity contribution in [2.24, 2.45) is 0 Å². The number of methoxy groups -OCH3 is 1. The number of rotatable bonds is 5. The van der Waals surface area contributed by atoms with E-state index in [0.29, 0.717) is 16.7 Å².